The van der Waals surface area contributed by atoms with Crippen LogP contribution in [0, 0.1) is 0 Å². The van der Waals surface area contributed by atoms with Crippen molar-refractivity contribution in [3.8, 4) is 11.3 Å². The van der Waals surface area contributed by atoms with Crippen LogP contribution in [0.15, 0.2) is 40.9 Å². The molecule has 1 aliphatic heterocycles. The van der Waals surface area contributed by atoms with Crippen molar-refractivity contribution < 1.29 is 9.32 Å². The van der Waals surface area contributed by atoms with Gasteiger partial charge in [0, 0.05) is 29.1 Å². The van der Waals surface area contributed by atoms with Crippen LogP contribution in [0.3, 0.4) is 0 Å². The Morgan fingerprint density at radius 2 is 2.14 bits per heavy atom. The molecule has 108 valence electrons. The van der Waals surface area contributed by atoms with Crippen LogP contribution in [0.4, 0.5) is 0 Å². The van der Waals surface area contributed by atoms with Gasteiger partial charge in [-0.1, -0.05) is 22.8 Å². The van der Waals surface area contributed by atoms with Crippen molar-refractivity contribution in [1.82, 2.24) is 10.1 Å². The summed E-state index contributed by atoms with van der Waals surface area (Å²) in [5.41, 5.74) is 2.85. The predicted molar refractivity (Wildman–Crippen MR) is 80.9 cm³/mol. The highest BCUT2D eigenvalue weighted by molar-refractivity contribution is 6.30. The molecule has 2 aromatic rings. The van der Waals surface area contributed by atoms with E-state index in [4.69, 9.17) is 16.1 Å². The zero-order valence-corrected chi connectivity index (χ0v) is 12.4. The van der Waals surface area contributed by atoms with Gasteiger partial charge in [-0.2, -0.15) is 0 Å². The number of aromatic nitrogens is 1. The van der Waals surface area contributed by atoms with E-state index < -0.39 is 0 Å². The van der Waals surface area contributed by atoms with E-state index in [2.05, 4.69) is 5.16 Å². The van der Waals surface area contributed by atoms with Gasteiger partial charge in [0.1, 0.15) is 0 Å². The molecule has 0 fully saturated rings. The second-order valence-electron chi connectivity index (χ2n) is 4.95. The minimum absolute atomic E-state index is 0.0198. The molecule has 0 saturated heterocycles. The number of halogens is 1. The van der Waals surface area contributed by atoms with Gasteiger partial charge in [-0.3, -0.25) is 4.79 Å². The Labute approximate surface area is 128 Å². The van der Waals surface area contributed by atoms with Gasteiger partial charge >= 0.3 is 0 Å². The molecule has 4 nitrogen and oxygen atoms in total. The summed E-state index contributed by atoms with van der Waals surface area (Å²) in [4.78, 5) is 13.8. The fraction of sp³-hybridized carbons (Fsp3) is 0.250. The van der Waals surface area contributed by atoms with Gasteiger partial charge in [-0.25, -0.2) is 0 Å². The lowest BCUT2D eigenvalue weighted by atomic mass is 10.0. The Balaban J connectivity index is 1.92. The minimum atomic E-state index is 0.0198. The van der Waals surface area contributed by atoms with Gasteiger partial charge < -0.3 is 9.42 Å². The van der Waals surface area contributed by atoms with Crippen molar-refractivity contribution in [2.24, 2.45) is 0 Å². The SMILES string of the molecule is C/C=C/C(=O)N1CCc2noc(-c3ccc(Cl)cc3)c2C1. The molecule has 5 heteroatoms. The fourth-order valence-corrected chi connectivity index (χ4v) is 2.60. The smallest absolute Gasteiger partial charge is 0.246 e. The van der Waals surface area contributed by atoms with Gasteiger partial charge in [-0.05, 0) is 37.3 Å². The summed E-state index contributed by atoms with van der Waals surface area (Å²) < 4.78 is 5.48. The molecule has 0 saturated carbocycles. The lowest BCUT2D eigenvalue weighted by molar-refractivity contribution is -0.126. The molecule has 0 aliphatic carbocycles. The normalized spacial score (nSPS) is 14.5. The zero-order chi connectivity index (χ0) is 14.8. The average Bonchev–Trinajstić information content (AvgIpc) is 2.91. The fourth-order valence-electron chi connectivity index (χ4n) is 2.48. The number of fused-ring (bicyclic) bond motifs is 1. The van der Waals surface area contributed by atoms with Crippen LogP contribution in [0.2, 0.25) is 5.02 Å². The minimum Gasteiger partial charge on any atom is -0.356 e. The lowest BCUT2D eigenvalue weighted by Gasteiger charge is -2.25. The molecule has 1 amide bonds. The second kappa shape index (κ2) is 5.74. The quantitative estimate of drug-likeness (QED) is 0.798. The first-order chi connectivity index (χ1) is 10.2. The maximum absolute atomic E-state index is 12.0. The molecule has 0 bridgehead atoms. The van der Waals surface area contributed by atoms with E-state index in [1.807, 2.05) is 31.2 Å². The summed E-state index contributed by atoms with van der Waals surface area (Å²) in [6, 6.07) is 7.43. The maximum atomic E-state index is 12.0. The van der Waals surface area contributed by atoms with E-state index in [1.165, 1.54) is 0 Å². The molecular formula is C16H15ClN2O2. The van der Waals surface area contributed by atoms with Crippen LogP contribution in [0.5, 0.6) is 0 Å². The average molecular weight is 303 g/mol. The summed E-state index contributed by atoms with van der Waals surface area (Å²) in [6.45, 7) is 3.04. The summed E-state index contributed by atoms with van der Waals surface area (Å²) >= 11 is 5.91. The number of carbonyl (C=O) groups is 1. The first-order valence-electron chi connectivity index (χ1n) is 6.84. The van der Waals surface area contributed by atoms with E-state index in [-0.39, 0.29) is 5.91 Å². The van der Waals surface area contributed by atoms with E-state index >= 15 is 0 Å². The van der Waals surface area contributed by atoms with Crippen LogP contribution in [-0.2, 0) is 17.8 Å². The van der Waals surface area contributed by atoms with Crippen LogP contribution in [-0.4, -0.2) is 22.5 Å². The van der Waals surface area contributed by atoms with Crippen molar-refractivity contribution in [2.75, 3.05) is 6.54 Å². The monoisotopic (exact) mass is 302 g/mol. The van der Waals surface area contributed by atoms with Crippen LogP contribution in [0.25, 0.3) is 11.3 Å². The number of benzene rings is 1. The Morgan fingerprint density at radius 3 is 2.86 bits per heavy atom. The van der Waals surface area contributed by atoms with E-state index in [0.29, 0.717) is 18.1 Å². The summed E-state index contributed by atoms with van der Waals surface area (Å²) in [5.74, 6) is 0.742. The molecule has 0 unspecified atom stereocenters. The van der Waals surface area contributed by atoms with Gasteiger partial charge in [0.05, 0.1) is 12.2 Å². The Bertz CT molecular complexity index is 689. The molecular weight excluding hydrogens is 288 g/mol. The molecule has 0 atom stereocenters. The third-order valence-corrected chi connectivity index (χ3v) is 3.82. The predicted octanol–water partition coefficient (Wildman–Crippen LogP) is 3.46. The van der Waals surface area contributed by atoms with E-state index in [1.54, 1.807) is 17.1 Å². The van der Waals surface area contributed by atoms with Crippen LogP contribution in [0.1, 0.15) is 18.2 Å². The van der Waals surface area contributed by atoms with Crippen molar-refractivity contribution >= 4 is 17.5 Å². The molecule has 1 aromatic carbocycles. The Hall–Kier alpha value is -2.07. The summed E-state index contributed by atoms with van der Waals surface area (Å²) in [6.07, 6.45) is 4.06. The zero-order valence-electron chi connectivity index (χ0n) is 11.7. The lowest BCUT2D eigenvalue weighted by Crippen LogP contribution is -2.34. The van der Waals surface area contributed by atoms with Crippen molar-refractivity contribution in [1.29, 1.82) is 0 Å². The third-order valence-electron chi connectivity index (χ3n) is 3.56. The third kappa shape index (κ3) is 2.72. The van der Waals surface area contributed by atoms with Gasteiger partial charge in [-0.15, -0.1) is 0 Å². The number of hydrogen-bond donors (Lipinski definition) is 0. The number of amides is 1. The van der Waals surface area contributed by atoms with Crippen molar-refractivity contribution in [3.63, 3.8) is 0 Å². The molecule has 3 rings (SSSR count). The number of rotatable bonds is 2. The highest BCUT2D eigenvalue weighted by Gasteiger charge is 2.26. The standard InChI is InChI=1S/C16H15ClN2O2/c1-2-3-15(20)19-9-8-14-13(10-19)16(21-18-14)11-4-6-12(17)7-5-11/h2-7H,8-10H2,1H3/b3-2+. The number of allylic oxidation sites excluding steroid dienone is 1. The van der Waals surface area contributed by atoms with E-state index in [0.717, 1.165) is 29.0 Å². The van der Waals surface area contributed by atoms with Crippen molar-refractivity contribution in [3.05, 3.63) is 52.7 Å². The van der Waals surface area contributed by atoms with Crippen molar-refractivity contribution in [2.45, 2.75) is 19.9 Å². The maximum Gasteiger partial charge on any atom is 0.246 e. The van der Waals surface area contributed by atoms with Gasteiger partial charge in [0.15, 0.2) is 5.76 Å². The first kappa shape index (κ1) is 13.9. The molecule has 1 aliphatic rings. The topological polar surface area (TPSA) is 46.3 Å². The molecule has 2 heterocycles. The van der Waals surface area contributed by atoms with Gasteiger partial charge in [0.25, 0.3) is 0 Å². The van der Waals surface area contributed by atoms with Gasteiger partial charge in [0.2, 0.25) is 5.91 Å². The molecule has 1 aromatic heterocycles. The number of hydrogen-bond acceptors (Lipinski definition) is 3. The first-order valence-corrected chi connectivity index (χ1v) is 7.22. The Morgan fingerprint density at radius 1 is 1.38 bits per heavy atom. The largest absolute Gasteiger partial charge is 0.356 e. The number of nitrogens with zero attached hydrogens (tertiary/aromatic N) is 2. The second-order valence-corrected chi connectivity index (χ2v) is 5.39. The molecule has 0 radical (unpaired) electrons. The number of carbonyl (C=O) groups excluding carboxylic acids is 1. The molecule has 0 N–H and O–H groups in total. The molecule has 21 heavy (non-hydrogen) atoms. The van der Waals surface area contributed by atoms with Crippen LogP contribution >= 0.6 is 11.6 Å². The summed E-state index contributed by atoms with van der Waals surface area (Å²) in [7, 11) is 0. The van der Waals surface area contributed by atoms with E-state index in [9.17, 15) is 4.79 Å². The highest BCUT2D eigenvalue weighted by atomic mass is 35.5. The summed E-state index contributed by atoms with van der Waals surface area (Å²) in [5, 5.41) is 4.81. The Kier molecular flexibility index (Phi) is 3.80. The highest BCUT2D eigenvalue weighted by Crippen LogP contribution is 2.31. The molecule has 0 spiro atoms. The van der Waals surface area contributed by atoms with Crippen LogP contribution < -0.4 is 0 Å².